The van der Waals surface area contributed by atoms with E-state index in [1.165, 1.54) is 17.7 Å². The third-order valence-corrected chi connectivity index (χ3v) is 7.49. The lowest BCUT2D eigenvalue weighted by Gasteiger charge is -2.34. The Morgan fingerprint density at radius 2 is 1.58 bits per heavy atom. The second kappa shape index (κ2) is 11.0. The quantitative estimate of drug-likeness (QED) is 0.280. The third kappa shape index (κ3) is 5.71. The normalized spacial score (nSPS) is 16.3. The predicted octanol–water partition coefficient (Wildman–Crippen LogP) is 9.01. The molecule has 0 aromatic heterocycles. The Morgan fingerprint density at radius 1 is 0.868 bits per heavy atom. The maximum Gasteiger partial charge on any atom is 0.418 e. The maximum absolute atomic E-state index is 14.2. The topological polar surface area (TPSA) is 3.24 Å². The van der Waals surface area contributed by atoms with E-state index in [0.717, 1.165) is 40.7 Å². The molecular weight excluding hydrogens is 517 g/mol. The van der Waals surface area contributed by atoms with Gasteiger partial charge in [0.05, 0.1) is 10.6 Å². The summed E-state index contributed by atoms with van der Waals surface area (Å²) >= 11 is 6.11. The van der Waals surface area contributed by atoms with Gasteiger partial charge in [-0.2, -0.15) is 13.2 Å². The highest BCUT2D eigenvalue weighted by Crippen LogP contribution is 2.46. The van der Waals surface area contributed by atoms with E-state index in [1.54, 1.807) is 6.07 Å². The molecule has 0 atom stereocenters. The smallest absolute Gasteiger partial charge is 0.295 e. The summed E-state index contributed by atoms with van der Waals surface area (Å²) in [5.74, 6) is 0. The number of hydrogen-bond donors (Lipinski definition) is 0. The van der Waals surface area contributed by atoms with E-state index in [0.29, 0.717) is 31.6 Å². The molecular formula is C31H27ClF5N. The van der Waals surface area contributed by atoms with Crippen molar-refractivity contribution < 1.29 is 22.0 Å². The number of aryl methyl sites for hydroxylation is 1. The van der Waals surface area contributed by atoms with Gasteiger partial charge in [-0.15, -0.1) is 0 Å². The molecule has 1 fully saturated rings. The van der Waals surface area contributed by atoms with Crippen LogP contribution in [0.3, 0.4) is 0 Å². The molecule has 3 aromatic carbocycles. The predicted molar refractivity (Wildman–Crippen MR) is 143 cm³/mol. The number of fused-ring (bicyclic) bond motifs is 1. The van der Waals surface area contributed by atoms with E-state index in [-0.39, 0.29) is 17.0 Å². The van der Waals surface area contributed by atoms with Crippen molar-refractivity contribution in [2.24, 2.45) is 0 Å². The second-order valence-corrected chi connectivity index (χ2v) is 10.2. The zero-order valence-corrected chi connectivity index (χ0v) is 21.4. The molecule has 0 spiro atoms. The summed E-state index contributed by atoms with van der Waals surface area (Å²) in [4.78, 5) is 1.98. The zero-order chi connectivity index (χ0) is 26.9. The molecule has 1 nitrogen and oxygen atoms in total. The lowest BCUT2D eigenvalue weighted by molar-refractivity contribution is -0.137. The minimum absolute atomic E-state index is 0.121. The molecule has 38 heavy (non-hydrogen) atoms. The molecule has 1 aliphatic carbocycles. The molecule has 0 unspecified atom stereocenters. The molecule has 7 heteroatoms. The first-order valence-electron chi connectivity index (χ1n) is 12.7. The first-order valence-corrected chi connectivity index (χ1v) is 13.1. The fourth-order valence-electron chi connectivity index (χ4n) is 5.43. The number of benzene rings is 3. The number of halogens is 6. The van der Waals surface area contributed by atoms with Gasteiger partial charge in [-0.05, 0) is 69.9 Å². The first kappa shape index (κ1) is 26.6. The molecule has 1 aliphatic heterocycles. The number of likely N-dealkylation sites (tertiary alicyclic amines) is 1. The van der Waals surface area contributed by atoms with Crippen LogP contribution in [-0.4, -0.2) is 31.0 Å². The largest absolute Gasteiger partial charge is 0.418 e. The fourth-order valence-corrected chi connectivity index (χ4v) is 5.71. The highest BCUT2D eigenvalue weighted by atomic mass is 35.5. The lowest BCUT2D eigenvalue weighted by Crippen LogP contribution is -2.40. The summed E-state index contributed by atoms with van der Waals surface area (Å²) in [5, 5.41) is -0.301. The van der Waals surface area contributed by atoms with Gasteiger partial charge in [-0.1, -0.05) is 78.3 Å². The monoisotopic (exact) mass is 543 g/mol. The molecule has 0 N–H and O–H groups in total. The van der Waals surface area contributed by atoms with Gasteiger partial charge in [-0.25, -0.2) is 8.78 Å². The van der Waals surface area contributed by atoms with Gasteiger partial charge < -0.3 is 0 Å². The average molecular weight is 544 g/mol. The standard InChI is InChI=1S/C31H27ClF5N/c32-27-10-4-9-26(30(27)31(35,36)37)25-8-3-6-22-5-1-2-7-24(22)29(25)23-13-11-20(12-14-23)17-21-18-38(19-21)16-15-28(33)34/h1-2,4-5,7,9-14,17,28H,3,6,8,15-16,18-19H2. The Hall–Kier alpha value is -2.96. The van der Waals surface area contributed by atoms with E-state index in [1.807, 2.05) is 53.4 Å². The summed E-state index contributed by atoms with van der Waals surface area (Å²) in [6.07, 6.45) is -2.94. The van der Waals surface area contributed by atoms with Gasteiger partial charge in [0.2, 0.25) is 6.43 Å². The van der Waals surface area contributed by atoms with Crippen molar-refractivity contribution in [2.45, 2.75) is 38.3 Å². The van der Waals surface area contributed by atoms with Crippen LogP contribution in [0.25, 0.3) is 17.2 Å². The molecule has 2 aliphatic rings. The van der Waals surface area contributed by atoms with Crippen LogP contribution in [0, 0.1) is 0 Å². The SMILES string of the molecule is FC(F)CCN1CC(=Cc2ccc(C3=C(c4cccc(Cl)c4C(F)(F)F)CCCc4ccccc43)cc2)C1. The van der Waals surface area contributed by atoms with Crippen LogP contribution in [0.1, 0.15) is 52.6 Å². The third-order valence-electron chi connectivity index (χ3n) is 7.17. The van der Waals surface area contributed by atoms with Gasteiger partial charge in [0.15, 0.2) is 0 Å². The zero-order valence-electron chi connectivity index (χ0n) is 20.7. The van der Waals surface area contributed by atoms with E-state index in [4.69, 9.17) is 11.6 Å². The summed E-state index contributed by atoms with van der Waals surface area (Å²) < 4.78 is 67.4. The van der Waals surface area contributed by atoms with Crippen molar-refractivity contribution >= 4 is 28.8 Å². The fraction of sp³-hybridized carbons (Fsp3) is 0.290. The van der Waals surface area contributed by atoms with Crippen molar-refractivity contribution in [3.63, 3.8) is 0 Å². The van der Waals surface area contributed by atoms with E-state index in [2.05, 4.69) is 6.08 Å². The number of hydrogen-bond acceptors (Lipinski definition) is 1. The van der Waals surface area contributed by atoms with Gasteiger partial charge in [0.1, 0.15) is 0 Å². The molecule has 5 rings (SSSR count). The maximum atomic E-state index is 14.2. The van der Waals surface area contributed by atoms with Crippen molar-refractivity contribution in [1.29, 1.82) is 0 Å². The van der Waals surface area contributed by atoms with Crippen molar-refractivity contribution in [1.82, 2.24) is 4.90 Å². The van der Waals surface area contributed by atoms with Gasteiger partial charge in [-0.3, -0.25) is 4.90 Å². The average Bonchev–Trinajstić information content (AvgIpc) is 3.04. The number of allylic oxidation sites excluding steroid dienone is 1. The van der Waals surface area contributed by atoms with Crippen molar-refractivity contribution in [3.8, 4) is 0 Å². The van der Waals surface area contributed by atoms with Gasteiger partial charge in [0.25, 0.3) is 0 Å². The van der Waals surface area contributed by atoms with Crippen LogP contribution in [0.2, 0.25) is 5.02 Å². The highest BCUT2D eigenvalue weighted by Gasteiger charge is 2.37. The number of nitrogens with zero attached hydrogens (tertiary/aromatic N) is 1. The summed E-state index contributed by atoms with van der Waals surface area (Å²) in [7, 11) is 0. The van der Waals surface area contributed by atoms with Crippen LogP contribution in [0.5, 0.6) is 0 Å². The van der Waals surface area contributed by atoms with E-state index < -0.39 is 18.2 Å². The van der Waals surface area contributed by atoms with Crippen LogP contribution in [0.15, 0.2) is 72.3 Å². The van der Waals surface area contributed by atoms with Crippen LogP contribution in [0.4, 0.5) is 22.0 Å². The Bertz CT molecular complexity index is 1360. The Morgan fingerprint density at radius 3 is 2.29 bits per heavy atom. The highest BCUT2D eigenvalue weighted by molar-refractivity contribution is 6.31. The molecule has 0 radical (unpaired) electrons. The molecule has 198 valence electrons. The number of rotatable bonds is 6. The van der Waals surface area contributed by atoms with E-state index >= 15 is 0 Å². The van der Waals surface area contributed by atoms with Crippen LogP contribution < -0.4 is 0 Å². The molecule has 3 aromatic rings. The number of alkyl halides is 5. The summed E-state index contributed by atoms with van der Waals surface area (Å²) in [6, 6.07) is 20.1. The summed E-state index contributed by atoms with van der Waals surface area (Å²) in [6.45, 7) is 1.73. The Balaban J connectivity index is 1.54. The molecule has 0 amide bonds. The Labute approximate surface area is 224 Å². The van der Waals surface area contributed by atoms with Crippen molar-refractivity contribution in [3.05, 3.63) is 111 Å². The summed E-state index contributed by atoms with van der Waals surface area (Å²) in [5.41, 5.74) is 5.80. The molecule has 0 bridgehead atoms. The second-order valence-electron chi connectivity index (χ2n) is 9.84. The van der Waals surface area contributed by atoms with E-state index in [9.17, 15) is 22.0 Å². The van der Waals surface area contributed by atoms with Gasteiger partial charge >= 0.3 is 6.18 Å². The molecule has 1 saturated heterocycles. The minimum Gasteiger partial charge on any atom is -0.295 e. The Kier molecular flexibility index (Phi) is 7.73. The lowest BCUT2D eigenvalue weighted by atomic mass is 9.86. The molecule has 0 saturated carbocycles. The minimum atomic E-state index is -4.58. The first-order chi connectivity index (χ1) is 18.2. The van der Waals surface area contributed by atoms with Crippen LogP contribution >= 0.6 is 11.6 Å². The molecule has 1 heterocycles. The van der Waals surface area contributed by atoms with Gasteiger partial charge in [0, 0.05) is 26.1 Å². The van der Waals surface area contributed by atoms with Crippen molar-refractivity contribution in [2.75, 3.05) is 19.6 Å². The van der Waals surface area contributed by atoms with Crippen LogP contribution in [-0.2, 0) is 12.6 Å².